The van der Waals surface area contributed by atoms with Crippen molar-refractivity contribution < 1.29 is 14.1 Å². The number of aromatic nitrogens is 3. The zero-order valence-corrected chi connectivity index (χ0v) is 26.8. The number of imidazole rings is 1. The van der Waals surface area contributed by atoms with E-state index in [2.05, 4.69) is 32.1 Å². The first kappa shape index (κ1) is 29.7. The van der Waals surface area contributed by atoms with Crippen molar-refractivity contribution in [2.45, 2.75) is 58.0 Å². The van der Waals surface area contributed by atoms with E-state index in [1.807, 2.05) is 17.7 Å². The van der Waals surface area contributed by atoms with E-state index >= 15 is 0 Å². The minimum atomic E-state index is -0.420. The molecule has 2 saturated carbocycles. The largest absolute Gasteiger partial charge is 0.370 e. The predicted molar refractivity (Wildman–Crippen MR) is 175 cm³/mol. The van der Waals surface area contributed by atoms with Gasteiger partial charge in [0.15, 0.2) is 0 Å². The van der Waals surface area contributed by atoms with Gasteiger partial charge in [-0.1, -0.05) is 53.7 Å². The van der Waals surface area contributed by atoms with E-state index in [1.165, 1.54) is 12.8 Å². The van der Waals surface area contributed by atoms with Crippen molar-refractivity contribution in [1.82, 2.24) is 25.3 Å². The molecule has 0 spiro atoms. The highest BCUT2D eigenvalue weighted by Gasteiger charge is 2.46. The van der Waals surface area contributed by atoms with Crippen LogP contribution in [0.4, 0.5) is 23.2 Å². The molecule has 13 heteroatoms. The van der Waals surface area contributed by atoms with Crippen molar-refractivity contribution in [2.75, 3.05) is 29.0 Å². The average Bonchev–Trinajstić information content (AvgIpc) is 3.31. The maximum atomic E-state index is 13.7. The van der Waals surface area contributed by atoms with Gasteiger partial charge in [-0.3, -0.25) is 9.59 Å². The lowest BCUT2D eigenvalue weighted by molar-refractivity contribution is 0.0925. The van der Waals surface area contributed by atoms with E-state index in [0.717, 1.165) is 61.8 Å². The van der Waals surface area contributed by atoms with Crippen LogP contribution in [-0.4, -0.2) is 45.7 Å². The molecule has 2 unspecified atom stereocenters. The normalized spacial score (nSPS) is 19.5. The molecule has 2 amide bonds. The molecule has 5 N–H and O–H groups in total. The number of amides is 2. The van der Waals surface area contributed by atoms with Gasteiger partial charge in [0.25, 0.3) is 11.8 Å². The number of carbonyl (C=O) groups is 2. The topological polar surface area (TPSA) is 143 Å². The van der Waals surface area contributed by atoms with Crippen LogP contribution in [0.15, 0.2) is 28.8 Å². The van der Waals surface area contributed by atoms with E-state index in [9.17, 15) is 9.59 Å². The zero-order chi connectivity index (χ0) is 31.4. The highest BCUT2D eigenvalue weighted by atomic mass is 35.5. The molecule has 4 aromatic rings. The Morgan fingerprint density at radius 2 is 1.84 bits per heavy atom. The second-order valence-electron chi connectivity index (χ2n) is 12.5. The maximum Gasteiger partial charge on any atom is 0.259 e. The molecule has 3 fully saturated rings. The van der Waals surface area contributed by atoms with Crippen LogP contribution in [0.3, 0.4) is 0 Å². The number of halogens is 2. The molecule has 2 aliphatic carbocycles. The summed E-state index contributed by atoms with van der Waals surface area (Å²) >= 11 is 13.4. The molecular weight excluding hydrogens is 615 g/mol. The first-order chi connectivity index (χ1) is 21.7. The fourth-order valence-corrected chi connectivity index (χ4v) is 7.31. The minimum absolute atomic E-state index is 0.0384. The number of nitrogen functional groups attached to an aromatic ring is 1. The molecule has 0 radical (unpaired) electrons. The van der Waals surface area contributed by atoms with Gasteiger partial charge in [-0.05, 0) is 61.8 Å². The number of benzene rings is 2. The summed E-state index contributed by atoms with van der Waals surface area (Å²) in [7, 11) is 1.92. The van der Waals surface area contributed by atoms with Crippen LogP contribution in [0, 0.1) is 18.8 Å². The van der Waals surface area contributed by atoms with Crippen LogP contribution in [0.1, 0.15) is 70.5 Å². The third kappa shape index (κ3) is 5.68. The molecule has 2 atom stereocenters. The number of nitrogens with zero attached hydrogens (tertiary/aromatic N) is 4. The number of fused-ring (bicyclic) bond motifs is 2. The Hall–Kier alpha value is -3.96. The van der Waals surface area contributed by atoms with Crippen molar-refractivity contribution in [3.63, 3.8) is 0 Å². The lowest BCUT2D eigenvalue weighted by Crippen LogP contribution is -2.37. The Kier molecular flexibility index (Phi) is 7.77. The Bertz CT molecular complexity index is 1780. The van der Waals surface area contributed by atoms with Crippen LogP contribution >= 0.6 is 23.2 Å². The molecule has 0 bridgehead atoms. The summed E-state index contributed by atoms with van der Waals surface area (Å²) in [5, 5.41) is 13.9. The Balaban J connectivity index is 1.17. The van der Waals surface area contributed by atoms with Gasteiger partial charge in [0.2, 0.25) is 11.8 Å². The first-order valence-electron chi connectivity index (χ1n) is 15.5. The molecule has 3 heterocycles. The van der Waals surface area contributed by atoms with Crippen molar-refractivity contribution in [3.05, 3.63) is 56.7 Å². The molecule has 45 heavy (non-hydrogen) atoms. The average molecular weight is 652 g/mol. The number of anilines is 4. The Morgan fingerprint density at radius 3 is 2.56 bits per heavy atom. The van der Waals surface area contributed by atoms with Crippen molar-refractivity contribution in [3.8, 4) is 0 Å². The number of nitrogens with two attached hydrogens (primary N) is 1. The molecule has 7 rings (SSSR count). The Labute approximate surface area is 270 Å². The Morgan fingerprint density at radius 1 is 1.09 bits per heavy atom. The van der Waals surface area contributed by atoms with Crippen LogP contribution < -0.4 is 26.6 Å². The van der Waals surface area contributed by atoms with Gasteiger partial charge in [-0.2, -0.15) is 0 Å². The smallest absolute Gasteiger partial charge is 0.259 e. The fraction of sp³-hybridized carbons (Fsp3) is 0.438. The van der Waals surface area contributed by atoms with E-state index < -0.39 is 5.91 Å². The number of hydrogen-bond acceptors (Lipinski definition) is 8. The summed E-state index contributed by atoms with van der Waals surface area (Å²) in [4.78, 5) is 33.6. The molecule has 1 aliphatic heterocycles. The molecule has 236 valence electrons. The summed E-state index contributed by atoms with van der Waals surface area (Å²) in [5.41, 5.74) is 10.6. The summed E-state index contributed by atoms with van der Waals surface area (Å²) in [5.74, 6) is 1.45. The molecule has 2 aromatic carbocycles. The van der Waals surface area contributed by atoms with E-state index in [0.29, 0.717) is 44.0 Å². The third-order valence-electron chi connectivity index (χ3n) is 9.47. The summed E-state index contributed by atoms with van der Waals surface area (Å²) in [6.45, 7) is 3.71. The van der Waals surface area contributed by atoms with E-state index in [1.54, 1.807) is 19.1 Å². The number of rotatable bonds is 8. The number of nitrogens with one attached hydrogen (secondary N) is 3. The van der Waals surface area contributed by atoms with Crippen molar-refractivity contribution in [2.24, 2.45) is 18.9 Å². The molecular formula is C32H36Cl2N8O3. The van der Waals surface area contributed by atoms with Crippen LogP contribution in [0.5, 0.6) is 0 Å². The van der Waals surface area contributed by atoms with Gasteiger partial charge >= 0.3 is 0 Å². The molecule has 11 nitrogen and oxygen atoms in total. The van der Waals surface area contributed by atoms with Crippen LogP contribution in [0.2, 0.25) is 10.0 Å². The minimum Gasteiger partial charge on any atom is -0.370 e. The van der Waals surface area contributed by atoms with Crippen molar-refractivity contribution in [1.29, 1.82) is 0 Å². The van der Waals surface area contributed by atoms with Gasteiger partial charge in [0.1, 0.15) is 5.56 Å². The highest BCUT2D eigenvalue weighted by Crippen LogP contribution is 2.47. The number of carbonyl (C=O) groups excluding carboxylic acids is 2. The van der Waals surface area contributed by atoms with E-state index in [-0.39, 0.29) is 29.9 Å². The van der Waals surface area contributed by atoms with Gasteiger partial charge in [-0.15, -0.1) is 0 Å². The standard InChI is InChI=1S/C32H36Cl2N8O3/c1-16-26(29(35)45-40-16)31(44)36-13-17-8-9-22(33)28(27(17)34)39-32-38-23-11-21(30(43)37-20-6-4-3-5-7-20)24(12-25(23)41(32)2)42-14-18-10-19(18)15-42/h8-9,11-12,18-20H,3-7,10,13-15,35H2,1-2H3,(H,36,44)(H,37,43)(H,38,39). The number of aryl methyl sites for hydroxylation is 2. The van der Waals surface area contributed by atoms with Gasteiger partial charge in [0, 0.05) is 32.7 Å². The lowest BCUT2D eigenvalue weighted by atomic mass is 9.95. The predicted octanol–water partition coefficient (Wildman–Crippen LogP) is 5.95. The van der Waals surface area contributed by atoms with Crippen LogP contribution in [-0.2, 0) is 13.6 Å². The lowest BCUT2D eigenvalue weighted by Gasteiger charge is -2.26. The molecule has 3 aliphatic rings. The second kappa shape index (κ2) is 11.8. The third-order valence-corrected chi connectivity index (χ3v) is 10.2. The van der Waals surface area contributed by atoms with Crippen LogP contribution in [0.25, 0.3) is 11.0 Å². The maximum absolute atomic E-state index is 13.7. The van der Waals surface area contributed by atoms with Crippen molar-refractivity contribution >= 4 is 69.3 Å². The number of piperidine rings is 1. The fourth-order valence-electron chi connectivity index (χ4n) is 6.77. The zero-order valence-electron chi connectivity index (χ0n) is 25.3. The second-order valence-corrected chi connectivity index (χ2v) is 13.3. The quantitative estimate of drug-likeness (QED) is 0.183. The number of hydrogen-bond donors (Lipinski definition) is 4. The first-order valence-corrected chi connectivity index (χ1v) is 16.2. The molecule has 1 saturated heterocycles. The monoisotopic (exact) mass is 650 g/mol. The van der Waals surface area contributed by atoms with Gasteiger partial charge in [0.05, 0.1) is 43.7 Å². The summed E-state index contributed by atoms with van der Waals surface area (Å²) in [6.07, 6.45) is 6.85. The van der Waals surface area contributed by atoms with Gasteiger partial charge < -0.3 is 35.7 Å². The highest BCUT2D eigenvalue weighted by molar-refractivity contribution is 6.39. The SMILES string of the molecule is Cc1noc(N)c1C(=O)NCc1ccc(Cl)c(Nc2nc3cc(C(=O)NC4CCCCC4)c(N4CC5CC5C4)cc3n2C)c1Cl. The summed E-state index contributed by atoms with van der Waals surface area (Å²) in [6, 6.07) is 7.66. The van der Waals surface area contributed by atoms with E-state index in [4.69, 9.17) is 38.4 Å². The summed E-state index contributed by atoms with van der Waals surface area (Å²) < 4.78 is 6.85. The molecule has 2 aromatic heterocycles. The van der Waals surface area contributed by atoms with Gasteiger partial charge in [-0.25, -0.2) is 4.98 Å².